The summed E-state index contributed by atoms with van der Waals surface area (Å²) in [7, 11) is 0. The van der Waals surface area contributed by atoms with Gasteiger partial charge in [-0.2, -0.15) is 0 Å². The number of hydrogen-bond donors (Lipinski definition) is 0. The molecule has 0 bridgehead atoms. The summed E-state index contributed by atoms with van der Waals surface area (Å²) in [5, 5.41) is 8.89. The molecule has 0 aliphatic rings. The largest absolute Gasteiger partial charge is 0.463 e. The van der Waals surface area contributed by atoms with Crippen LogP contribution in [0.2, 0.25) is 0 Å². The highest BCUT2D eigenvalue weighted by Crippen LogP contribution is 1.81. The highest BCUT2D eigenvalue weighted by Gasteiger charge is 1.89. The molecule has 0 heterocycles. The Bertz CT molecular complexity index is 147. The molecule has 0 rings (SSSR count). The van der Waals surface area contributed by atoms with Gasteiger partial charge in [0.25, 0.3) is 0 Å². The van der Waals surface area contributed by atoms with Gasteiger partial charge in [-0.25, -0.2) is 14.7 Å². The van der Waals surface area contributed by atoms with Crippen molar-refractivity contribution in [1.29, 1.82) is 0 Å². The first-order valence-corrected chi connectivity index (χ1v) is 3.51. The van der Waals surface area contributed by atoms with E-state index in [-0.39, 0.29) is 5.97 Å². The summed E-state index contributed by atoms with van der Waals surface area (Å²) in [6, 6.07) is 0. The molecule has 0 aromatic heterocycles. The molecule has 4 heteroatoms. The molecule has 0 spiro atoms. The molecule has 0 aliphatic carbocycles. The minimum absolute atomic E-state index is 0.341. The molecule has 69 valence electrons. The molecule has 0 atom stereocenters. The summed E-state index contributed by atoms with van der Waals surface area (Å²) in [5.41, 5.74) is 0. The van der Waals surface area contributed by atoms with Crippen molar-refractivity contribution in [3.05, 3.63) is 12.7 Å². The van der Waals surface area contributed by atoms with Crippen LogP contribution in [0.5, 0.6) is 0 Å². The van der Waals surface area contributed by atoms with Crippen LogP contribution in [0.3, 0.4) is 0 Å². The Morgan fingerprint density at radius 2 is 1.92 bits per heavy atom. The molecule has 12 heavy (non-hydrogen) atoms. The lowest BCUT2D eigenvalue weighted by Gasteiger charge is -1.94. The average Bonchev–Trinajstić information content (AvgIpc) is 1.99. The SMILES string of the molecule is C=CC(=O)OCCC.CC([O])=O. The number of esters is 1. The van der Waals surface area contributed by atoms with Crippen molar-refractivity contribution in [2.75, 3.05) is 6.61 Å². The summed E-state index contributed by atoms with van der Waals surface area (Å²) in [4.78, 5) is 19.1. The van der Waals surface area contributed by atoms with Gasteiger partial charge < -0.3 is 4.74 Å². The predicted octanol–water partition coefficient (Wildman–Crippen LogP) is 1.09. The van der Waals surface area contributed by atoms with E-state index in [0.717, 1.165) is 19.4 Å². The third kappa shape index (κ3) is 23.4. The van der Waals surface area contributed by atoms with E-state index < -0.39 is 5.97 Å². The monoisotopic (exact) mass is 173 g/mol. The first-order chi connectivity index (χ1) is 5.54. The number of rotatable bonds is 3. The van der Waals surface area contributed by atoms with Crippen LogP contribution >= 0.6 is 0 Å². The van der Waals surface area contributed by atoms with Gasteiger partial charge in [0.05, 0.1) is 6.61 Å². The molecule has 0 aromatic rings. The molecule has 0 aromatic carbocycles. The second kappa shape index (κ2) is 9.68. The Morgan fingerprint density at radius 1 is 1.50 bits per heavy atom. The van der Waals surface area contributed by atoms with E-state index in [9.17, 15) is 4.79 Å². The zero-order valence-electron chi connectivity index (χ0n) is 7.33. The summed E-state index contributed by atoms with van der Waals surface area (Å²) in [5.74, 6) is -1.42. The van der Waals surface area contributed by atoms with Gasteiger partial charge >= 0.3 is 11.9 Å². The molecule has 0 aliphatic heterocycles. The van der Waals surface area contributed by atoms with Crippen LogP contribution in [0.25, 0.3) is 0 Å². The molecule has 1 radical (unpaired) electrons. The lowest BCUT2D eigenvalue weighted by Crippen LogP contribution is -1.99. The summed E-state index contributed by atoms with van der Waals surface area (Å²) in [6.45, 7) is 6.64. The second-order valence-corrected chi connectivity index (χ2v) is 1.86. The van der Waals surface area contributed by atoms with E-state index in [2.05, 4.69) is 11.3 Å². The van der Waals surface area contributed by atoms with Crippen LogP contribution in [-0.4, -0.2) is 18.5 Å². The van der Waals surface area contributed by atoms with Crippen LogP contribution in [-0.2, 0) is 19.4 Å². The Labute approximate surface area is 71.8 Å². The molecule has 0 unspecified atom stereocenters. The third-order valence-corrected chi connectivity index (χ3v) is 0.615. The average molecular weight is 173 g/mol. The summed E-state index contributed by atoms with van der Waals surface area (Å²) in [6.07, 6.45) is 2.02. The third-order valence-electron chi connectivity index (χ3n) is 0.615. The van der Waals surface area contributed by atoms with Crippen molar-refractivity contribution >= 4 is 11.9 Å². The van der Waals surface area contributed by atoms with Gasteiger partial charge in [-0.05, 0) is 6.42 Å². The maximum Gasteiger partial charge on any atom is 0.352 e. The van der Waals surface area contributed by atoms with Gasteiger partial charge in [-0.15, -0.1) is 0 Å². The Kier molecular flexibility index (Phi) is 10.7. The molecule has 0 saturated carbocycles. The van der Waals surface area contributed by atoms with Crippen molar-refractivity contribution in [3.63, 3.8) is 0 Å². The van der Waals surface area contributed by atoms with Gasteiger partial charge in [-0.3, -0.25) is 0 Å². The Balaban J connectivity index is 0. The number of carbonyl (C=O) groups excluding carboxylic acids is 2. The predicted molar refractivity (Wildman–Crippen MR) is 42.8 cm³/mol. The van der Waals surface area contributed by atoms with Gasteiger partial charge in [-0.1, -0.05) is 13.5 Å². The first kappa shape index (κ1) is 13.3. The van der Waals surface area contributed by atoms with E-state index in [1.807, 2.05) is 6.92 Å². The van der Waals surface area contributed by atoms with E-state index >= 15 is 0 Å². The number of hydrogen-bond acceptors (Lipinski definition) is 3. The molecular weight excluding hydrogens is 160 g/mol. The quantitative estimate of drug-likeness (QED) is 0.474. The molecule has 0 saturated heterocycles. The van der Waals surface area contributed by atoms with Crippen molar-refractivity contribution < 1.29 is 19.4 Å². The van der Waals surface area contributed by atoms with Crippen molar-refractivity contribution in [2.24, 2.45) is 0 Å². The van der Waals surface area contributed by atoms with Crippen LogP contribution in [0, 0.1) is 0 Å². The topological polar surface area (TPSA) is 63.3 Å². The molecule has 0 N–H and O–H groups in total. The fourth-order valence-electron chi connectivity index (χ4n) is 0.262. The molecule has 0 amide bonds. The van der Waals surface area contributed by atoms with Crippen molar-refractivity contribution in [1.82, 2.24) is 0 Å². The summed E-state index contributed by atoms with van der Waals surface area (Å²) < 4.78 is 4.58. The second-order valence-electron chi connectivity index (χ2n) is 1.86. The van der Waals surface area contributed by atoms with E-state index in [1.54, 1.807) is 0 Å². The van der Waals surface area contributed by atoms with Crippen molar-refractivity contribution in [3.8, 4) is 0 Å². The van der Waals surface area contributed by atoms with Crippen LogP contribution in [0.1, 0.15) is 20.3 Å². The maximum atomic E-state index is 10.2. The van der Waals surface area contributed by atoms with Gasteiger partial charge in [0.1, 0.15) is 0 Å². The highest BCUT2D eigenvalue weighted by molar-refractivity contribution is 5.81. The fraction of sp³-hybridized carbons (Fsp3) is 0.500. The fourth-order valence-corrected chi connectivity index (χ4v) is 0.262. The van der Waals surface area contributed by atoms with E-state index in [0.29, 0.717) is 6.61 Å². The molecular formula is C8H13O4. The van der Waals surface area contributed by atoms with Crippen LogP contribution in [0.15, 0.2) is 12.7 Å². The Hall–Kier alpha value is -1.32. The number of carbonyl (C=O) groups is 2. The summed E-state index contributed by atoms with van der Waals surface area (Å²) >= 11 is 0. The van der Waals surface area contributed by atoms with Gasteiger partial charge in [0, 0.05) is 13.0 Å². The highest BCUT2D eigenvalue weighted by atomic mass is 16.5. The smallest absolute Gasteiger partial charge is 0.352 e. The normalized spacial score (nSPS) is 7.50. The van der Waals surface area contributed by atoms with Crippen molar-refractivity contribution in [2.45, 2.75) is 20.3 Å². The maximum absolute atomic E-state index is 10.2. The van der Waals surface area contributed by atoms with E-state index in [4.69, 9.17) is 9.90 Å². The lowest BCUT2D eigenvalue weighted by atomic mass is 10.5. The van der Waals surface area contributed by atoms with Crippen LogP contribution < -0.4 is 0 Å². The molecule has 4 nitrogen and oxygen atoms in total. The van der Waals surface area contributed by atoms with Gasteiger partial charge in [0.15, 0.2) is 0 Å². The van der Waals surface area contributed by atoms with Crippen LogP contribution in [0.4, 0.5) is 0 Å². The minimum Gasteiger partial charge on any atom is -0.463 e. The van der Waals surface area contributed by atoms with Gasteiger partial charge in [0.2, 0.25) is 0 Å². The lowest BCUT2D eigenvalue weighted by molar-refractivity contribution is -0.140. The first-order valence-electron chi connectivity index (χ1n) is 3.51. The Morgan fingerprint density at radius 3 is 2.17 bits per heavy atom. The molecule has 0 fully saturated rings. The zero-order valence-corrected chi connectivity index (χ0v) is 7.33. The van der Waals surface area contributed by atoms with E-state index in [1.165, 1.54) is 0 Å². The minimum atomic E-state index is -1.08. The number of ether oxygens (including phenoxy) is 1. The standard InChI is InChI=1S/C6H10O2.C2H3O2/c1-3-5-8-6(7)4-2;1-2(3)4/h4H,2-3,5H2,1H3;1H3. The zero-order chi connectivity index (χ0) is 9.98.